The van der Waals surface area contributed by atoms with Crippen molar-refractivity contribution in [3.8, 4) is 0 Å². The van der Waals surface area contributed by atoms with Crippen LogP contribution in [-0.2, 0) is 6.54 Å². The van der Waals surface area contributed by atoms with Gasteiger partial charge in [0.25, 0.3) is 5.56 Å². The van der Waals surface area contributed by atoms with Crippen LogP contribution in [0.15, 0.2) is 29.2 Å². The highest BCUT2D eigenvalue weighted by Gasteiger charge is 2.03. The Morgan fingerprint density at radius 2 is 2.31 bits per heavy atom. The van der Waals surface area contributed by atoms with Crippen molar-refractivity contribution < 1.29 is 0 Å². The number of pyridine rings is 1. The summed E-state index contributed by atoms with van der Waals surface area (Å²) in [7, 11) is 1.92. The molecular weight excluding hydrogens is 164 g/mol. The zero-order valence-electron chi connectivity index (χ0n) is 8.16. The van der Waals surface area contributed by atoms with E-state index in [0.717, 1.165) is 13.0 Å². The summed E-state index contributed by atoms with van der Waals surface area (Å²) in [5.41, 5.74) is 0.0659. The Labute approximate surface area is 78.4 Å². The van der Waals surface area contributed by atoms with Crippen molar-refractivity contribution in [1.82, 2.24) is 9.88 Å². The van der Waals surface area contributed by atoms with Crippen LogP contribution in [0.4, 0.5) is 0 Å². The number of likely N-dealkylation sites (N-methyl/N-ethyl adjacent to an activating group) is 1. The summed E-state index contributed by atoms with van der Waals surface area (Å²) in [6.45, 7) is 2.85. The van der Waals surface area contributed by atoms with Gasteiger partial charge in [-0.3, -0.25) is 4.79 Å². The van der Waals surface area contributed by atoms with Crippen molar-refractivity contribution in [3.05, 3.63) is 34.7 Å². The van der Waals surface area contributed by atoms with Gasteiger partial charge in [-0.15, -0.1) is 0 Å². The van der Waals surface area contributed by atoms with Crippen LogP contribution in [0.25, 0.3) is 0 Å². The first kappa shape index (κ1) is 9.99. The second-order valence-electron chi connectivity index (χ2n) is 3.09. The lowest BCUT2D eigenvalue weighted by Gasteiger charge is -2.14. The van der Waals surface area contributed by atoms with Gasteiger partial charge < -0.3 is 9.88 Å². The van der Waals surface area contributed by atoms with Gasteiger partial charge in [-0.2, -0.15) is 0 Å². The first-order valence-corrected chi connectivity index (χ1v) is 4.60. The molecule has 72 valence electrons. The topological polar surface area (TPSA) is 34.0 Å². The second-order valence-corrected chi connectivity index (χ2v) is 3.09. The van der Waals surface area contributed by atoms with Gasteiger partial charge in [-0.25, -0.2) is 0 Å². The lowest BCUT2D eigenvalue weighted by atomic mass is 10.2. The van der Waals surface area contributed by atoms with E-state index >= 15 is 0 Å². The van der Waals surface area contributed by atoms with Crippen LogP contribution in [0.2, 0.25) is 0 Å². The number of nitrogens with one attached hydrogen (secondary N) is 1. The molecular formula is C10H16N2O. The second kappa shape index (κ2) is 4.82. The number of nitrogens with zero attached hydrogens (tertiary/aromatic N) is 1. The van der Waals surface area contributed by atoms with E-state index in [0.29, 0.717) is 6.04 Å². The van der Waals surface area contributed by atoms with Gasteiger partial charge in [0.2, 0.25) is 0 Å². The molecule has 0 aliphatic heterocycles. The Morgan fingerprint density at radius 1 is 1.54 bits per heavy atom. The minimum Gasteiger partial charge on any atom is -0.315 e. The number of rotatable bonds is 4. The molecule has 3 nitrogen and oxygen atoms in total. The van der Waals surface area contributed by atoms with E-state index in [9.17, 15) is 4.79 Å². The van der Waals surface area contributed by atoms with Crippen LogP contribution in [0.1, 0.15) is 13.3 Å². The summed E-state index contributed by atoms with van der Waals surface area (Å²) in [4.78, 5) is 11.3. The van der Waals surface area contributed by atoms with Crippen molar-refractivity contribution in [2.24, 2.45) is 0 Å². The lowest BCUT2D eigenvalue weighted by molar-refractivity contribution is 0.461. The van der Waals surface area contributed by atoms with E-state index in [2.05, 4.69) is 12.2 Å². The van der Waals surface area contributed by atoms with E-state index in [1.807, 2.05) is 19.3 Å². The molecule has 0 bridgehead atoms. The average Bonchev–Trinajstić information content (AvgIpc) is 2.17. The molecule has 0 aliphatic carbocycles. The molecule has 0 fully saturated rings. The Bertz CT molecular complexity index is 302. The van der Waals surface area contributed by atoms with E-state index in [1.165, 1.54) is 0 Å². The van der Waals surface area contributed by atoms with Crippen molar-refractivity contribution in [2.45, 2.75) is 25.9 Å². The van der Waals surface area contributed by atoms with E-state index < -0.39 is 0 Å². The van der Waals surface area contributed by atoms with Crippen molar-refractivity contribution in [3.63, 3.8) is 0 Å². The van der Waals surface area contributed by atoms with Crippen LogP contribution in [-0.4, -0.2) is 17.7 Å². The molecule has 0 radical (unpaired) electrons. The molecule has 0 saturated heterocycles. The van der Waals surface area contributed by atoms with Crippen LogP contribution in [0.3, 0.4) is 0 Å². The zero-order chi connectivity index (χ0) is 9.68. The van der Waals surface area contributed by atoms with Gasteiger partial charge in [0.05, 0.1) is 0 Å². The highest BCUT2D eigenvalue weighted by atomic mass is 16.1. The molecule has 0 aromatic carbocycles. The van der Waals surface area contributed by atoms with Crippen LogP contribution in [0, 0.1) is 0 Å². The van der Waals surface area contributed by atoms with E-state index in [1.54, 1.807) is 16.7 Å². The normalized spacial score (nSPS) is 12.8. The summed E-state index contributed by atoms with van der Waals surface area (Å²) in [6.07, 6.45) is 2.85. The third kappa shape index (κ3) is 2.70. The Morgan fingerprint density at radius 3 is 2.85 bits per heavy atom. The van der Waals surface area contributed by atoms with Crippen LogP contribution < -0.4 is 10.9 Å². The zero-order valence-corrected chi connectivity index (χ0v) is 8.16. The molecule has 0 saturated carbocycles. The highest BCUT2D eigenvalue weighted by Crippen LogP contribution is 1.93. The summed E-state index contributed by atoms with van der Waals surface area (Å²) in [5.74, 6) is 0. The van der Waals surface area contributed by atoms with Gasteiger partial charge >= 0.3 is 0 Å². The smallest absolute Gasteiger partial charge is 0.250 e. The quantitative estimate of drug-likeness (QED) is 0.745. The molecule has 1 atom stereocenters. The maximum absolute atomic E-state index is 11.3. The van der Waals surface area contributed by atoms with Crippen molar-refractivity contribution >= 4 is 0 Å². The molecule has 1 aromatic rings. The van der Waals surface area contributed by atoms with Crippen molar-refractivity contribution in [2.75, 3.05) is 7.05 Å². The van der Waals surface area contributed by atoms with E-state index in [-0.39, 0.29) is 5.56 Å². The van der Waals surface area contributed by atoms with Gasteiger partial charge in [-0.1, -0.05) is 13.0 Å². The average molecular weight is 180 g/mol. The molecule has 1 rings (SSSR count). The maximum Gasteiger partial charge on any atom is 0.250 e. The largest absolute Gasteiger partial charge is 0.315 e. The first-order valence-electron chi connectivity index (χ1n) is 4.60. The Kier molecular flexibility index (Phi) is 3.71. The van der Waals surface area contributed by atoms with Crippen LogP contribution in [0.5, 0.6) is 0 Å². The minimum absolute atomic E-state index is 0.0659. The Hall–Kier alpha value is -1.09. The third-order valence-electron chi connectivity index (χ3n) is 2.22. The van der Waals surface area contributed by atoms with Gasteiger partial charge in [-0.05, 0) is 19.5 Å². The van der Waals surface area contributed by atoms with Gasteiger partial charge in [0, 0.05) is 24.8 Å². The van der Waals surface area contributed by atoms with E-state index in [4.69, 9.17) is 0 Å². The minimum atomic E-state index is 0.0659. The van der Waals surface area contributed by atoms with Gasteiger partial charge in [0.1, 0.15) is 0 Å². The van der Waals surface area contributed by atoms with Crippen molar-refractivity contribution in [1.29, 1.82) is 0 Å². The fourth-order valence-corrected chi connectivity index (χ4v) is 1.27. The molecule has 0 aliphatic rings. The van der Waals surface area contributed by atoms with Gasteiger partial charge in [0.15, 0.2) is 0 Å². The molecule has 0 amide bonds. The summed E-state index contributed by atoms with van der Waals surface area (Å²) >= 11 is 0. The fraction of sp³-hybridized carbons (Fsp3) is 0.500. The standard InChI is InChI=1S/C10H16N2O/c1-3-9(11-2)8-12-7-5-4-6-10(12)13/h4-7,9,11H,3,8H2,1-2H3. The number of hydrogen-bond acceptors (Lipinski definition) is 2. The number of hydrogen-bond donors (Lipinski definition) is 1. The molecule has 1 unspecified atom stereocenters. The summed E-state index contributed by atoms with van der Waals surface area (Å²) in [6, 6.07) is 5.60. The molecule has 13 heavy (non-hydrogen) atoms. The molecule has 1 N–H and O–H groups in total. The monoisotopic (exact) mass is 180 g/mol. The predicted molar refractivity (Wildman–Crippen MR) is 53.8 cm³/mol. The SMILES string of the molecule is CCC(Cn1ccccc1=O)NC. The van der Waals surface area contributed by atoms with Crippen LogP contribution >= 0.6 is 0 Å². The Balaban J connectivity index is 2.73. The summed E-state index contributed by atoms with van der Waals surface area (Å²) < 4.78 is 1.73. The highest BCUT2D eigenvalue weighted by molar-refractivity contribution is 4.93. The molecule has 0 spiro atoms. The molecule has 1 aromatic heterocycles. The molecule has 1 heterocycles. The maximum atomic E-state index is 11.3. The first-order chi connectivity index (χ1) is 6.27. The molecule has 3 heteroatoms. The third-order valence-corrected chi connectivity index (χ3v) is 2.22. The predicted octanol–water partition coefficient (Wildman–Crippen LogP) is 0.846. The summed E-state index contributed by atoms with van der Waals surface area (Å²) in [5, 5.41) is 3.17. The fourth-order valence-electron chi connectivity index (χ4n) is 1.27. The lowest BCUT2D eigenvalue weighted by Crippen LogP contribution is -2.33. The number of aromatic nitrogens is 1.